The average Bonchev–Trinajstić information content (AvgIpc) is 2.06. The standard InChI is InChI=1S/C10H21NO2/c1-5-10(6-2,9(12)13)7-11-8(3)4/h8,11H,5-7H2,1-4H3,(H,12,13). The number of nitrogens with one attached hydrogen (secondary N) is 1. The third-order valence-electron chi connectivity index (χ3n) is 2.66. The molecule has 0 spiro atoms. The van der Waals surface area contributed by atoms with Gasteiger partial charge in [-0.3, -0.25) is 4.79 Å². The van der Waals surface area contributed by atoms with Crippen LogP contribution in [0, 0.1) is 5.41 Å². The molecular weight excluding hydrogens is 166 g/mol. The Morgan fingerprint density at radius 2 is 1.85 bits per heavy atom. The van der Waals surface area contributed by atoms with Gasteiger partial charge in [0.15, 0.2) is 0 Å². The second kappa shape index (κ2) is 5.22. The fraction of sp³-hybridized carbons (Fsp3) is 0.900. The lowest BCUT2D eigenvalue weighted by molar-refractivity contribution is -0.149. The van der Waals surface area contributed by atoms with E-state index in [1.165, 1.54) is 0 Å². The molecule has 0 rings (SSSR count). The molecule has 0 amide bonds. The van der Waals surface area contributed by atoms with E-state index >= 15 is 0 Å². The maximum atomic E-state index is 11.1. The summed E-state index contributed by atoms with van der Waals surface area (Å²) >= 11 is 0. The topological polar surface area (TPSA) is 49.3 Å². The van der Waals surface area contributed by atoms with Crippen molar-refractivity contribution in [3.8, 4) is 0 Å². The van der Waals surface area contributed by atoms with Crippen LogP contribution in [0.4, 0.5) is 0 Å². The molecule has 0 radical (unpaired) electrons. The van der Waals surface area contributed by atoms with Crippen LogP contribution in [-0.4, -0.2) is 23.7 Å². The monoisotopic (exact) mass is 187 g/mol. The first kappa shape index (κ1) is 12.4. The molecule has 2 N–H and O–H groups in total. The van der Waals surface area contributed by atoms with E-state index in [9.17, 15) is 4.79 Å². The maximum absolute atomic E-state index is 11.1. The summed E-state index contributed by atoms with van der Waals surface area (Å²) < 4.78 is 0. The highest BCUT2D eigenvalue weighted by Gasteiger charge is 2.34. The molecule has 0 heterocycles. The molecule has 3 heteroatoms. The highest BCUT2D eigenvalue weighted by molar-refractivity contribution is 5.74. The van der Waals surface area contributed by atoms with Crippen LogP contribution >= 0.6 is 0 Å². The molecule has 78 valence electrons. The molecule has 0 saturated heterocycles. The Labute approximate surface area is 80.5 Å². The smallest absolute Gasteiger partial charge is 0.310 e. The summed E-state index contributed by atoms with van der Waals surface area (Å²) in [6.45, 7) is 8.47. The molecule has 0 aromatic rings. The van der Waals surface area contributed by atoms with Crippen molar-refractivity contribution in [3.05, 3.63) is 0 Å². The molecule has 0 aromatic heterocycles. The van der Waals surface area contributed by atoms with E-state index in [4.69, 9.17) is 5.11 Å². The van der Waals surface area contributed by atoms with Crippen LogP contribution in [0.1, 0.15) is 40.5 Å². The zero-order valence-corrected chi connectivity index (χ0v) is 9.05. The molecule has 0 aliphatic carbocycles. The summed E-state index contributed by atoms with van der Waals surface area (Å²) in [5.74, 6) is -0.689. The van der Waals surface area contributed by atoms with Crippen molar-refractivity contribution < 1.29 is 9.90 Å². The number of rotatable bonds is 6. The molecule has 0 bridgehead atoms. The van der Waals surface area contributed by atoms with Crippen LogP contribution in [0.2, 0.25) is 0 Å². The molecule has 0 aliphatic heterocycles. The van der Waals surface area contributed by atoms with Gasteiger partial charge < -0.3 is 10.4 Å². The van der Waals surface area contributed by atoms with Gasteiger partial charge in [-0.25, -0.2) is 0 Å². The van der Waals surface area contributed by atoms with Crippen molar-refractivity contribution in [1.82, 2.24) is 5.32 Å². The fourth-order valence-corrected chi connectivity index (χ4v) is 1.28. The molecule has 0 aromatic carbocycles. The molecule has 13 heavy (non-hydrogen) atoms. The summed E-state index contributed by atoms with van der Waals surface area (Å²) in [5, 5.41) is 12.3. The van der Waals surface area contributed by atoms with Crippen LogP contribution in [0.25, 0.3) is 0 Å². The van der Waals surface area contributed by atoms with Crippen molar-refractivity contribution in [2.75, 3.05) is 6.54 Å². The third kappa shape index (κ3) is 3.35. The Kier molecular flexibility index (Phi) is 4.99. The quantitative estimate of drug-likeness (QED) is 0.667. The average molecular weight is 187 g/mol. The fourth-order valence-electron chi connectivity index (χ4n) is 1.28. The van der Waals surface area contributed by atoms with Gasteiger partial charge >= 0.3 is 5.97 Å². The van der Waals surface area contributed by atoms with E-state index < -0.39 is 11.4 Å². The highest BCUT2D eigenvalue weighted by Crippen LogP contribution is 2.25. The molecule has 0 unspecified atom stereocenters. The van der Waals surface area contributed by atoms with E-state index in [1.54, 1.807) is 0 Å². The second-order valence-corrected chi connectivity index (χ2v) is 3.83. The van der Waals surface area contributed by atoms with Gasteiger partial charge in [0.2, 0.25) is 0 Å². The van der Waals surface area contributed by atoms with E-state index in [2.05, 4.69) is 5.32 Å². The molecule has 3 nitrogen and oxygen atoms in total. The number of aliphatic carboxylic acids is 1. The van der Waals surface area contributed by atoms with Gasteiger partial charge in [-0.05, 0) is 12.8 Å². The minimum atomic E-state index is -0.689. The van der Waals surface area contributed by atoms with E-state index in [-0.39, 0.29) is 0 Å². The predicted molar refractivity (Wildman–Crippen MR) is 53.8 cm³/mol. The van der Waals surface area contributed by atoms with Crippen molar-refractivity contribution in [1.29, 1.82) is 0 Å². The van der Waals surface area contributed by atoms with Crippen LogP contribution < -0.4 is 5.32 Å². The second-order valence-electron chi connectivity index (χ2n) is 3.83. The maximum Gasteiger partial charge on any atom is 0.310 e. The van der Waals surface area contributed by atoms with Crippen molar-refractivity contribution in [3.63, 3.8) is 0 Å². The zero-order valence-electron chi connectivity index (χ0n) is 9.05. The summed E-state index contributed by atoms with van der Waals surface area (Å²) in [6, 6.07) is 0.344. The van der Waals surface area contributed by atoms with Gasteiger partial charge in [-0.15, -0.1) is 0 Å². The predicted octanol–water partition coefficient (Wildman–Crippen LogP) is 1.88. The first-order chi connectivity index (χ1) is 5.98. The van der Waals surface area contributed by atoms with Crippen molar-refractivity contribution >= 4 is 5.97 Å². The van der Waals surface area contributed by atoms with Crippen LogP contribution in [0.3, 0.4) is 0 Å². The van der Waals surface area contributed by atoms with Crippen molar-refractivity contribution in [2.45, 2.75) is 46.6 Å². The lowest BCUT2D eigenvalue weighted by Crippen LogP contribution is -2.42. The minimum absolute atomic E-state index is 0.344. The molecular formula is C10H21NO2. The summed E-state index contributed by atoms with van der Waals surface area (Å²) in [6.07, 6.45) is 1.36. The van der Waals surface area contributed by atoms with Crippen LogP contribution in [0.5, 0.6) is 0 Å². The van der Waals surface area contributed by atoms with Gasteiger partial charge in [-0.1, -0.05) is 27.7 Å². The van der Waals surface area contributed by atoms with E-state index in [0.717, 1.165) is 0 Å². The van der Waals surface area contributed by atoms with Crippen molar-refractivity contribution in [2.24, 2.45) is 5.41 Å². The lowest BCUT2D eigenvalue weighted by Gasteiger charge is -2.28. The number of hydrogen-bond donors (Lipinski definition) is 2. The first-order valence-electron chi connectivity index (χ1n) is 4.95. The SMILES string of the molecule is CCC(CC)(CNC(C)C)C(=O)O. The lowest BCUT2D eigenvalue weighted by atomic mass is 9.82. The summed E-state index contributed by atoms with van der Waals surface area (Å²) in [4.78, 5) is 11.1. The first-order valence-corrected chi connectivity index (χ1v) is 4.95. The number of carbonyl (C=O) groups is 1. The molecule has 0 saturated carbocycles. The largest absolute Gasteiger partial charge is 0.481 e. The normalized spacial score (nSPS) is 12.1. The van der Waals surface area contributed by atoms with Crippen LogP contribution in [-0.2, 0) is 4.79 Å². The Morgan fingerprint density at radius 1 is 1.38 bits per heavy atom. The number of carboxylic acid groups (broad SMARTS) is 1. The molecule has 0 atom stereocenters. The van der Waals surface area contributed by atoms with Gasteiger partial charge in [0.05, 0.1) is 5.41 Å². The third-order valence-corrected chi connectivity index (χ3v) is 2.66. The minimum Gasteiger partial charge on any atom is -0.481 e. The Bertz CT molecular complexity index is 162. The van der Waals surface area contributed by atoms with E-state index in [1.807, 2.05) is 27.7 Å². The Morgan fingerprint density at radius 3 is 2.08 bits per heavy atom. The molecule has 0 fully saturated rings. The zero-order chi connectivity index (χ0) is 10.5. The molecule has 0 aliphatic rings. The van der Waals surface area contributed by atoms with Crippen LogP contribution in [0.15, 0.2) is 0 Å². The van der Waals surface area contributed by atoms with Gasteiger partial charge in [0, 0.05) is 12.6 Å². The van der Waals surface area contributed by atoms with E-state index in [0.29, 0.717) is 25.4 Å². The summed E-state index contributed by atoms with van der Waals surface area (Å²) in [5.41, 5.74) is -0.579. The highest BCUT2D eigenvalue weighted by atomic mass is 16.4. The Hall–Kier alpha value is -0.570. The van der Waals surface area contributed by atoms with Gasteiger partial charge in [-0.2, -0.15) is 0 Å². The van der Waals surface area contributed by atoms with Gasteiger partial charge in [0.1, 0.15) is 0 Å². The Balaban J connectivity index is 4.31. The number of carboxylic acids is 1. The summed E-state index contributed by atoms with van der Waals surface area (Å²) in [7, 11) is 0. The number of hydrogen-bond acceptors (Lipinski definition) is 2. The van der Waals surface area contributed by atoms with Gasteiger partial charge in [0.25, 0.3) is 0 Å².